The molecule has 0 bridgehead atoms. The molecule has 3 aliphatic rings. The van der Waals surface area contributed by atoms with Gasteiger partial charge >= 0.3 is 0 Å². The third-order valence-corrected chi connectivity index (χ3v) is 10.3. The molecule has 0 saturated carbocycles. The number of aromatic nitrogens is 3. The summed E-state index contributed by atoms with van der Waals surface area (Å²) < 4.78 is 34.6. The summed E-state index contributed by atoms with van der Waals surface area (Å²) in [5.74, 6) is 1.82. The Morgan fingerprint density at radius 1 is 1.00 bits per heavy atom. The summed E-state index contributed by atoms with van der Waals surface area (Å²) in [6.45, 7) is 8.72. The van der Waals surface area contributed by atoms with E-state index >= 15 is 0 Å². The highest BCUT2D eigenvalue weighted by atomic mass is 32.2. The third kappa shape index (κ3) is 5.13. The van der Waals surface area contributed by atoms with Crippen LogP contribution in [0.1, 0.15) is 37.1 Å². The van der Waals surface area contributed by atoms with Crippen molar-refractivity contribution in [2.45, 2.75) is 44.6 Å². The lowest BCUT2D eigenvalue weighted by Crippen LogP contribution is -2.47. The number of nitrogens with zero attached hydrogens (tertiary/aromatic N) is 6. The molecule has 3 aromatic rings. The molecule has 2 N–H and O–H groups in total. The number of hydrogen-bond acceptors (Lipinski definition) is 9. The average Bonchev–Trinajstić information content (AvgIpc) is 3.14. The van der Waals surface area contributed by atoms with E-state index in [9.17, 15) is 8.42 Å². The molecule has 10 nitrogen and oxygen atoms in total. The summed E-state index contributed by atoms with van der Waals surface area (Å²) in [6.07, 6.45) is 6.35. The zero-order chi connectivity index (χ0) is 28.1. The van der Waals surface area contributed by atoms with E-state index in [1.807, 2.05) is 19.2 Å². The smallest absolute Gasteiger partial charge is 0.246 e. The molecule has 0 amide bonds. The van der Waals surface area contributed by atoms with Gasteiger partial charge < -0.3 is 20.3 Å². The number of sulfonamides is 1. The first-order valence-electron chi connectivity index (χ1n) is 13.9. The highest BCUT2D eigenvalue weighted by Crippen LogP contribution is 2.39. The van der Waals surface area contributed by atoms with E-state index < -0.39 is 10.0 Å². The number of benzene rings is 1. The lowest BCUT2D eigenvalue weighted by molar-refractivity contribution is 0.222. The second-order valence-corrected chi connectivity index (χ2v) is 13.8. The van der Waals surface area contributed by atoms with Crippen LogP contribution in [-0.4, -0.2) is 79.0 Å². The van der Waals surface area contributed by atoms with Crippen LogP contribution in [0, 0.1) is 5.41 Å². The summed E-state index contributed by atoms with van der Waals surface area (Å²) in [7, 11) is -1.77. The van der Waals surface area contributed by atoms with Crippen molar-refractivity contribution in [3.63, 3.8) is 0 Å². The molecular formula is C29H37N7O3S. The molecule has 6 rings (SSSR count). The number of piperazine rings is 1. The van der Waals surface area contributed by atoms with Crippen molar-refractivity contribution in [3.8, 4) is 16.9 Å². The molecule has 212 valence electrons. The normalized spacial score (nSPS) is 19.8. The molecule has 4 heterocycles. The van der Waals surface area contributed by atoms with Crippen LogP contribution >= 0.6 is 0 Å². The molecule has 0 atom stereocenters. The van der Waals surface area contributed by atoms with Gasteiger partial charge in [0.1, 0.15) is 35.2 Å². The highest BCUT2D eigenvalue weighted by Gasteiger charge is 2.32. The lowest BCUT2D eigenvalue weighted by atomic mass is 9.76. The zero-order valence-corrected chi connectivity index (χ0v) is 24.2. The van der Waals surface area contributed by atoms with Crippen LogP contribution in [-0.2, 0) is 29.4 Å². The van der Waals surface area contributed by atoms with E-state index in [2.05, 4.69) is 39.7 Å². The fraction of sp³-hybridized carbons (Fsp3) is 0.483. The van der Waals surface area contributed by atoms with Gasteiger partial charge in [0, 0.05) is 61.3 Å². The average molecular weight is 564 g/mol. The Bertz CT molecular complexity index is 1530. The topological polar surface area (TPSA) is 118 Å². The van der Waals surface area contributed by atoms with Gasteiger partial charge in [-0.05, 0) is 55.5 Å². The number of hydrogen-bond donors (Lipinski definition) is 1. The van der Waals surface area contributed by atoms with Crippen LogP contribution in [0.15, 0.2) is 41.7 Å². The number of ether oxygens (including phenoxy) is 1. The van der Waals surface area contributed by atoms with Crippen molar-refractivity contribution >= 4 is 21.7 Å². The van der Waals surface area contributed by atoms with E-state index in [0.29, 0.717) is 51.4 Å². The van der Waals surface area contributed by atoms with E-state index in [-0.39, 0.29) is 16.1 Å². The molecule has 40 heavy (non-hydrogen) atoms. The second-order valence-electron chi connectivity index (χ2n) is 11.9. The Labute approximate surface area is 236 Å². The van der Waals surface area contributed by atoms with Gasteiger partial charge in [0.15, 0.2) is 0 Å². The lowest BCUT2D eigenvalue weighted by Gasteiger charge is -2.33. The number of pyridine rings is 1. The van der Waals surface area contributed by atoms with Gasteiger partial charge in [0.2, 0.25) is 10.0 Å². The minimum absolute atomic E-state index is 0.0170. The van der Waals surface area contributed by atoms with Crippen LogP contribution in [0.3, 0.4) is 0 Å². The van der Waals surface area contributed by atoms with Gasteiger partial charge in [0.05, 0.1) is 6.54 Å². The molecule has 2 aromatic heterocycles. The number of rotatable bonds is 4. The summed E-state index contributed by atoms with van der Waals surface area (Å²) in [6, 6.07) is 7.61. The van der Waals surface area contributed by atoms with Crippen LogP contribution in [0.2, 0.25) is 0 Å². The Hall–Kier alpha value is -3.28. The van der Waals surface area contributed by atoms with Gasteiger partial charge in [0.25, 0.3) is 0 Å². The Kier molecular flexibility index (Phi) is 6.92. The maximum Gasteiger partial charge on any atom is 0.246 e. The molecule has 1 aromatic carbocycles. The minimum Gasteiger partial charge on any atom is -0.491 e. The quantitative estimate of drug-likeness (QED) is 0.511. The second kappa shape index (κ2) is 10.3. The van der Waals surface area contributed by atoms with Crippen molar-refractivity contribution in [3.05, 3.63) is 53.6 Å². The first kappa shape index (κ1) is 26.9. The first-order chi connectivity index (χ1) is 19.1. The first-order valence-corrected chi connectivity index (χ1v) is 15.3. The predicted octanol–water partition coefficient (Wildman–Crippen LogP) is 2.97. The van der Waals surface area contributed by atoms with Crippen molar-refractivity contribution < 1.29 is 13.2 Å². The molecule has 2 aliphatic heterocycles. The molecule has 1 saturated heterocycles. The van der Waals surface area contributed by atoms with E-state index in [1.165, 1.54) is 9.87 Å². The van der Waals surface area contributed by atoms with E-state index in [0.717, 1.165) is 47.7 Å². The molecular weight excluding hydrogens is 526 g/mol. The van der Waals surface area contributed by atoms with E-state index in [1.54, 1.807) is 18.6 Å². The summed E-state index contributed by atoms with van der Waals surface area (Å²) in [4.78, 5) is 18.1. The van der Waals surface area contributed by atoms with Crippen LogP contribution in [0.25, 0.3) is 11.1 Å². The van der Waals surface area contributed by atoms with Crippen molar-refractivity contribution in [2.75, 3.05) is 57.0 Å². The molecule has 1 fully saturated rings. The molecule has 11 heteroatoms. The standard InChI is InChI=1S/C29H37N7O3S/c1-29(2)7-6-24-23(16-29)28(33-19-32-24)35-12-13-39-25-5-4-20(14-22(25)18-35)21-15-26(27(30)31-17-21)40(37,38)36-10-8-34(3)9-11-36/h4-5,14-15,17,19H,6-13,16,18H2,1-3H3,(H2,30,31). The van der Waals surface area contributed by atoms with Gasteiger partial charge in [-0.15, -0.1) is 0 Å². The number of nitrogen functional groups attached to an aromatic ring is 1. The summed E-state index contributed by atoms with van der Waals surface area (Å²) >= 11 is 0. The SMILES string of the molecule is CN1CCN(S(=O)(=O)c2cc(-c3ccc4c(c3)CN(c3ncnc5c3CC(C)(C)CC5)CCO4)cnc2N)CC1. The van der Waals surface area contributed by atoms with Crippen molar-refractivity contribution in [1.29, 1.82) is 0 Å². The van der Waals surface area contributed by atoms with Gasteiger partial charge in [-0.2, -0.15) is 4.31 Å². The fourth-order valence-corrected chi connectivity index (χ4v) is 7.39. The number of fused-ring (bicyclic) bond motifs is 2. The monoisotopic (exact) mass is 563 g/mol. The van der Waals surface area contributed by atoms with E-state index in [4.69, 9.17) is 15.5 Å². The maximum absolute atomic E-state index is 13.5. The number of anilines is 2. The Morgan fingerprint density at radius 2 is 1.80 bits per heavy atom. The summed E-state index contributed by atoms with van der Waals surface area (Å²) in [5, 5.41) is 0. The molecule has 0 spiro atoms. The minimum atomic E-state index is -3.76. The van der Waals surface area contributed by atoms with Crippen molar-refractivity contribution in [2.24, 2.45) is 5.41 Å². The molecule has 0 unspecified atom stereocenters. The largest absolute Gasteiger partial charge is 0.491 e. The number of nitrogens with two attached hydrogens (primary N) is 1. The van der Waals surface area contributed by atoms with Crippen molar-refractivity contribution in [1.82, 2.24) is 24.2 Å². The number of aryl methyl sites for hydroxylation is 1. The number of likely N-dealkylation sites (N-methyl/N-ethyl adjacent to an activating group) is 1. The predicted molar refractivity (Wildman–Crippen MR) is 155 cm³/mol. The molecule has 0 radical (unpaired) electrons. The molecule has 1 aliphatic carbocycles. The van der Waals surface area contributed by atoms with Crippen LogP contribution in [0.5, 0.6) is 5.75 Å². The third-order valence-electron chi connectivity index (χ3n) is 8.34. The summed E-state index contributed by atoms with van der Waals surface area (Å²) in [5.41, 5.74) is 11.3. The Balaban J connectivity index is 1.32. The van der Waals surface area contributed by atoms with Gasteiger partial charge in [-0.1, -0.05) is 19.9 Å². The van der Waals surface area contributed by atoms with Gasteiger partial charge in [-0.3, -0.25) is 0 Å². The Morgan fingerprint density at radius 3 is 2.60 bits per heavy atom. The van der Waals surface area contributed by atoms with Crippen LogP contribution < -0.4 is 15.4 Å². The highest BCUT2D eigenvalue weighted by molar-refractivity contribution is 7.89. The maximum atomic E-state index is 13.5. The fourth-order valence-electron chi connectivity index (χ4n) is 5.87. The van der Waals surface area contributed by atoms with Crippen LogP contribution in [0.4, 0.5) is 11.6 Å². The zero-order valence-electron chi connectivity index (χ0n) is 23.4. The van der Waals surface area contributed by atoms with Gasteiger partial charge in [-0.25, -0.2) is 23.4 Å².